The summed E-state index contributed by atoms with van der Waals surface area (Å²) < 4.78 is 1.95. The second kappa shape index (κ2) is 10.9. The molecule has 0 unspecified atom stereocenters. The Labute approximate surface area is 183 Å². The molecule has 6 heteroatoms. The molecule has 2 N–H and O–H groups in total. The van der Waals surface area contributed by atoms with Gasteiger partial charge in [-0.05, 0) is 48.7 Å². The zero-order valence-corrected chi connectivity index (χ0v) is 18.1. The van der Waals surface area contributed by atoms with E-state index < -0.39 is 0 Å². The SMILES string of the molecule is C=Cc1ccc(NC(=O)/C=C/c2cnccc2-c2cnn(CCCC)c2)cc1NCC. The lowest BCUT2D eigenvalue weighted by atomic mass is 10.0. The van der Waals surface area contributed by atoms with Crippen LogP contribution >= 0.6 is 0 Å². The van der Waals surface area contributed by atoms with Gasteiger partial charge in [-0.3, -0.25) is 14.5 Å². The predicted molar refractivity (Wildman–Crippen MR) is 129 cm³/mol. The number of aryl methyl sites for hydroxylation is 1. The molecule has 1 amide bonds. The van der Waals surface area contributed by atoms with E-state index in [1.165, 1.54) is 6.08 Å². The second-order valence-electron chi connectivity index (χ2n) is 7.17. The van der Waals surface area contributed by atoms with Crippen LogP contribution in [0.1, 0.15) is 37.8 Å². The van der Waals surface area contributed by atoms with Crippen LogP contribution in [0.3, 0.4) is 0 Å². The maximum atomic E-state index is 12.5. The second-order valence-corrected chi connectivity index (χ2v) is 7.17. The van der Waals surface area contributed by atoms with Gasteiger partial charge in [0.25, 0.3) is 0 Å². The highest BCUT2D eigenvalue weighted by Gasteiger charge is 2.07. The predicted octanol–water partition coefficient (Wildman–Crippen LogP) is 5.47. The number of benzene rings is 1. The van der Waals surface area contributed by atoms with E-state index in [0.29, 0.717) is 0 Å². The fourth-order valence-electron chi connectivity index (χ4n) is 3.25. The summed E-state index contributed by atoms with van der Waals surface area (Å²) >= 11 is 0. The van der Waals surface area contributed by atoms with Gasteiger partial charge in [-0.15, -0.1) is 0 Å². The lowest BCUT2D eigenvalue weighted by Crippen LogP contribution is -2.08. The molecule has 31 heavy (non-hydrogen) atoms. The molecule has 0 saturated heterocycles. The van der Waals surface area contributed by atoms with Crippen LogP contribution < -0.4 is 10.6 Å². The summed E-state index contributed by atoms with van der Waals surface area (Å²) in [6.45, 7) is 9.70. The number of pyridine rings is 1. The van der Waals surface area contributed by atoms with Crippen molar-refractivity contribution in [2.45, 2.75) is 33.2 Å². The van der Waals surface area contributed by atoms with Gasteiger partial charge in [0.05, 0.1) is 6.20 Å². The van der Waals surface area contributed by atoms with E-state index in [1.54, 1.807) is 24.5 Å². The Balaban J connectivity index is 1.74. The number of nitrogens with one attached hydrogen (secondary N) is 2. The Morgan fingerprint density at radius 1 is 1.19 bits per heavy atom. The van der Waals surface area contributed by atoms with Gasteiger partial charge in [0.2, 0.25) is 5.91 Å². The molecule has 6 nitrogen and oxygen atoms in total. The third-order valence-electron chi connectivity index (χ3n) is 4.86. The largest absolute Gasteiger partial charge is 0.385 e. The molecular formula is C25H29N5O. The first kappa shape index (κ1) is 22.0. The highest BCUT2D eigenvalue weighted by atomic mass is 16.1. The molecule has 0 aliphatic rings. The van der Waals surface area contributed by atoms with E-state index in [1.807, 2.05) is 48.3 Å². The number of anilines is 2. The highest BCUT2D eigenvalue weighted by molar-refractivity contribution is 6.02. The van der Waals surface area contributed by atoms with Crippen molar-refractivity contribution in [1.29, 1.82) is 0 Å². The summed E-state index contributed by atoms with van der Waals surface area (Å²) in [6, 6.07) is 7.64. The first-order valence-corrected chi connectivity index (χ1v) is 10.6. The Bertz CT molecular complexity index is 1070. The van der Waals surface area contributed by atoms with Gasteiger partial charge < -0.3 is 10.6 Å². The van der Waals surface area contributed by atoms with Crippen LogP contribution in [0.15, 0.2) is 61.7 Å². The number of nitrogens with zero attached hydrogens (tertiary/aromatic N) is 3. The number of rotatable bonds is 10. The van der Waals surface area contributed by atoms with E-state index in [0.717, 1.165) is 59.6 Å². The van der Waals surface area contributed by atoms with Gasteiger partial charge in [-0.1, -0.05) is 32.1 Å². The maximum Gasteiger partial charge on any atom is 0.248 e. The average Bonchev–Trinajstić information content (AvgIpc) is 3.26. The van der Waals surface area contributed by atoms with Crippen LogP contribution in [0.4, 0.5) is 11.4 Å². The van der Waals surface area contributed by atoms with Crippen LogP contribution in [0.2, 0.25) is 0 Å². The van der Waals surface area contributed by atoms with E-state index >= 15 is 0 Å². The van der Waals surface area contributed by atoms with Crippen LogP contribution in [0, 0.1) is 0 Å². The topological polar surface area (TPSA) is 71.8 Å². The minimum Gasteiger partial charge on any atom is -0.385 e. The van der Waals surface area contributed by atoms with Gasteiger partial charge in [-0.25, -0.2) is 0 Å². The molecule has 3 aromatic rings. The van der Waals surface area contributed by atoms with Crippen LogP contribution in [-0.2, 0) is 11.3 Å². The van der Waals surface area contributed by atoms with Crippen molar-refractivity contribution in [1.82, 2.24) is 14.8 Å². The third kappa shape index (κ3) is 5.92. The number of carbonyl (C=O) groups is 1. The number of carbonyl (C=O) groups excluding carboxylic acids is 1. The van der Waals surface area contributed by atoms with Crippen molar-refractivity contribution in [2.75, 3.05) is 17.2 Å². The molecule has 2 aromatic heterocycles. The van der Waals surface area contributed by atoms with Crippen molar-refractivity contribution < 1.29 is 4.79 Å². The van der Waals surface area contributed by atoms with Gasteiger partial charge in [0, 0.05) is 60.3 Å². The highest BCUT2D eigenvalue weighted by Crippen LogP contribution is 2.24. The van der Waals surface area contributed by atoms with Gasteiger partial charge in [0.15, 0.2) is 0 Å². The molecule has 0 radical (unpaired) electrons. The minimum absolute atomic E-state index is 0.206. The van der Waals surface area contributed by atoms with Gasteiger partial charge >= 0.3 is 0 Å². The quantitative estimate of drug-likeness (QED) is 0.431. The zero-order chi connectivity index (χ0) is 22.1. The van der Waals surface area contributed by atoms with Crippen LogP contribution in [0.5, 0.6) is 0 Å². The number of hydrogen-bond donors (Lipinski definition) is 2. The molecule has 3 rings (SSSR count). The zero-order valence-electron chi connectivity index (χ0n) is 18.1. The first-order chi connectivity index (χ1) is 15.1. The monoisotopic (exact) mass is 415 g/mol. The van der Waals surface area contributed by atoms with E-state index in [4.69, 9.17) is 0 Å². The lowest BCUT2D eigenvalue weighted by Gasteiger charge is -2.10. The molecule has 0 saturated carbocycles. The van der Waals surface area contributed by atoms with Crippen molar-refractivity contribution in [3.8, 4) is 11.1 Å². The van der Waals surface area contributed by atoms with E-state index in [2.05, 4.69) is 34.2 Å². The standard InChI is InChI=1S/C25H29N5O/c1-4-7-14-30-18-21(17-28-30)23-12-13-26-16-20(23)9-11-25(31)29-22-10-8-19(5-2)24(15-22)27-6-3/h5,8-13,15-18,27H,2,4,6-7,14H2,1,3H3,(H,29,31)/b11-9+. The molecular weight excluding hydrogens is 386 g/mol. The molecule has 1 aromatic carbocycles. The summed E-state index contributed by atoms with van der Waals surface area (Å²) in [6.07, 6.45) is 14.7. The Hall–Kier alpha value is -3.67. The molecule has 0 spiro atoms. The summed E-state index contributed by atoms with van der Waals surface area (Å²) in [5, 5.41) is 10.6. The fraction of sp³-hybridized carbons (Fsp3) is 0.240. The van der Waals surface area contributed by atoms with Crippen LogP contribution in [0.25, 0.3) is 23.3 Å². The smallest absolute Gasteiger partial charge is 0.248 e. The van der Waals surface area contributed by atoms with Crippen molar-refractivity contribution in [3.05, 3.63) is 72.8 Å². The first-order valence-electron chi connectivity index (χ1n) is 10.6. The summed E-state index contributed by atoms with van der Waals surface area (Å²) in [5.74, 6) is -0.206. The molecule has 0 fully saturated rings. The van der Waals surface area contributed by atoms with Crippen molar-refractivity contribution in [3.63, 3.8) is 0 Å². The Morgan fingerprint density at radius 3 is 2.84 bits per heavy atom. The number of amides is 1. The molecule has 2 heterocycles. The maximum absolute atomic E-state index is 12.5. The summed E-state index contributed by atoms with van der Waals surface area (Å²) in [7, 11) is 0. The minimum atomic E-state index is -0.206. The van der Waals surface area contributed by atoms with Crippen LogP contribution in [-0.4, -0.2) is 27.2 Å². The van der Waals surface area contributed by atoms with Crippen molar-refractivity contribution in [2.24, 2.45) is 0 Å². The van der Waals surface area contributed by atoms with Gasteiger partial charge in [0.1, 0.15) is 0 Å². The Morgan fingerprint density at radius 2 is 2.06 bits per heavy atom. The summed E-state index contributed by atoms with van der Waals surface area (Å²) in [5.41, 5.74) is 5.52. The van der Waals surface area contributed by atoms with Crippen molar-refractivity contribution >= 4 is 29.4 Å². The fourth-order valence-corrected chi connectivity index (χ4v) is 3.25. The van der Waals surface area contributed by atoms with Gasteiger partial charge in [-0.2, -0.15) is 5.10 Å². The van der Waals surface area contributed by atoms with E-state index in [9.17, 15) is 4.79 Å². The average molecular weight is 416 g/mol. The number of unbranched alkanes of at least 4 members (excludes halogenated alkanes) is 1. The number of aromatic nitrogens is 3. The lowest BCUT2D eigenvalue weighted by molar-refractivity contribution is -0.111. The molecule has 0 aliphatic heterocycles. The summed E-state index contributed by atoms with van der Waals surface area (Å²) in [4.78, 5) is 16.7. The third-order valence-corrected chi connectivity index (χ3v) is 4.86. The molecule has 160 valence electrons. The number of hydrogen-bond acceptors (Lipinski definition) is 4. The molecule has 0 aliphatic carbocycles. The normalized spacial score (nSPS) is 10.9. The molecule has 0 atom stereocenters. The Kier molecular flexibility index (Phi) is 7.76. The van der Waals surface area contributed by atoms with E-state index in [-0.39, 0.29) is 5.91 Å². The molecule has 0 bridgehead atoms.